The molecule has 2 saturated heterocycles. The van der Waals surface area contributed by atoms with Crippen molar-refractivity contribution in [1.82, 2.24) is 9.80 Å². The van der Waals surface area contributed by atoms with Gasteiger partial charge in [0.05, 0.1) is 6.04 Å². The Morgan fingerprint density at radius 1 is 1.06 bits per heavy atom. The van der Waals surface area contributed by atoms with E-state index in [1.807, 2.05) is 54.3 Å². The van der Waals surface area contributed by atoms with E-state index < -0.39 is 0 Å². The van der Waals surface area contributed by atoms with Crippen LogP contribution in [0.5, 0.6) is 0 Å². The number of carbonyl (C=O) groups is 1. The molecule has 0 radical (unpaired) electrons. The second kappa shape index (κ2) is 10.4. The zero-order chi connectivity index (χ0) is 21.1. The quantitative estimate of drug-likeness (QED) is 0.635. The Morgan fingerprint density at radius 2 is 1.74 bits per heavy atom. The zero-order valence-electron chi connectivity index (χ0n) is 18.0. The first-order valence-electron chi connectivity index (χ1n) is 10.4. The lowest BCUT2D eigenvalue weighted by Crippen LogP contribution is -2.46. The highest BCUT2D eigenvalue weighted by molar-refractivity contribution is 6.30. The summed E-state index contributed by atoms with van der Waals surface area (Å²) in [4.78, 5) is 19.8. The van der Waals surface area contributed by atoms with Crippen molar-refractivity contribution in [2.45, 2.75) is 19.5 Å². The molecule has 0 aliphatic carbocycles. The van der Waals surface area contributed by atoms with Crippen molar-refractivity contribution in [3.63, 3.8) is 0 Å². The molecule has 2 heterocycles. The van der Waals surface area contributed by atoms with Gasteiger partial charge in [-0.1, -0.05) is 41.9 Å². The van der Waals surface area contributed by atoms with Gasteiger partial charge in [0, 0.05) is 49.0 Å². The molecule has 1 unspecified atom stereocenters. The van der Waals surface area contributed by atoms with Gasteiger partial charge in [-0.25, -0.2) is 0 Å². The van der Waals surface area contributed by atoms with Crippen molar-refractivity contribution in [2.24, 2.45) is 0 Å². The predicted octanol–water partition coefficient (Wildman–Crippen LogP) is 4.30. The van der Waals surface area contributed by atoms with Crippen LogP contribution in [-0.2, 0) is 16.1 Å². The van der Waals surface area contributed by atoms with E-state index in [2.05, 4.69) is 29.0 Å². The van der Waals surface area contributed by atoms with Gasteiger partial charge in [0.15, 0.2) is 5.76 Å². The summed E-state index contributed by atoms with van der Waals surface area (Å²) in [5, 5.41) is 0.696. The first-order valence-corrected chi connectivity index (χ1v) is 10.8. The highest BCUT2D eigenvalue weighted by Gasteiger charge is 2.30. The fraction of sp³-hybridized carbons (Fsp3) is 0.375. The molecule has 0 N–H and O–H groups in total. The van der Waals surface area contributed by atoms with Crippen LogP contribution in [0.3, 0.4) is 0 Å². The van der Waals surface area contributed by atoms with Crippen molar-refractivity contribution >= 4 is 41.7 Å². The number of amides is 1. The molecule has 0 spiro atoms. The Labute approximate surface area is 195 Å². The molecular formula is C24H29Cl2N3O2. The molecule has 0 saturated carbocycles. The van der Waals surface area contributed by atoms with Gasteiger partial charge in [-0.15, -0.1) is 12.4 Å². The summed E-state index contributed by atoms with van der Waals surface area (Å²) in [6.07, 6.45) is 1.90. The van der Waals surface area contributed by atoms with E-state index in [9.17, 15) is 4.79 Å². The Balaban J connectivity index is 0.00000272. The third-order valence-corrected chi connectivity index (χ3v) is 6.07. The number of para-hydroxylation sites is 1. The van der Waals surface area contributed by atoms with Crippen LogP contribution in [0.2, 0.25) is 5.02 Å². The maximum Gasteiger partial charge on any atom is 0.289 e. The summed E-state index contributed by atoms with van der Waals surface area (Å²) >= 11 is 6.00. The number of morpholine rings is 1. The lowest BCUT2D eigenvalue weighted by atomic mass is 10.1. The van der Waals surface area contributed by atoms with Gasteiger partial charge in [0.25, 0.3) is 5.91 Å². The minimum absolute atomic E-state index is 0. The molecule has 2 aromatic rings. The van der Waals surface area contributed by atoms with Crippen LogP contribution in [0, 0.1) is 0 Å². The molecular weight excluding hydrogens is 433 g/mol. The number of anilines is 1. The number of likely N-dealkylation sites (N-methyl/N-ethyl adjacent to an activating group) is 1. The number of halogens is 2. The second-order valence-corrected chi connectivity index (χ2v) is 8.51. The Morgan fingerprint density at radius 3 is 2.45 bits per heavy atom. The topological polar surface area (TPSA) is 36.0 Å². The van der Waals surface area contributed by atoms with Crippen LogP contribution in [0.25, 0.3) is 6.08 Å². The number of piperazine rings is 1. The molecule has 31 heavy (non-hydrogen) atoms. The molecule has 166 valence electrons. The number of nitrogens with zero attached hydrogens (tertiary/aromatic N) is 3. The van der Waals surface area contributed by atoms with E-state index in [1.54, 1.807) is 0 Å². The Hall–Kier alpha value is -2.21. The molecule has 0 aromatic heterocycles. The van der Waals surface area contributed by atoms with Gasteiger partial charge in [-0.2, -0.15) is 0 Å². The summed E-state index contributed by atoms with van der Waals surface area (Å²) in [5.41, 5.74) is 3.22. The molecule has 2 aliphatic rings. The van der Waals surface area contributed by atoms with Gasteiger partial charge in [-0.05, 0) is 43.8 Å². The minimum Gasteiger partial charge on any atom is -0.486 e. The zero-order valence-corrected chi connectivity index (χ0v) is 19.5. The number of hydrogen-bond donors (Lipinski definition) is 0. The highest BCUT2D eigenvalue weighted by Crippen LogP contribution is 2.27. The summed E-state index contributed by atoms with van der Waals surface area (Å²) in [5.74, 6) is 0.334. The SMILES string of the molecule is CC1CO/C(=C\c2ccccc2N2CCN(C)CC2)C(=O)N1Cc1ccc(Cl)cc1.Cl. The normalized spacial score (nSPS) is 21.1. The first-order chi connectivity index (χ1) is 14.5. The summed E-state index contributed by atoms with van der Waals surface area (Å²) in [6.45, 7) is 7.07. The van der Waals surface area contributed by atoms with Crippen molar-refractivity contribution in [3.8, 4) is 0 Å². The van der Waals surface area contributed by atoms with Gasteiger partial charge in [0.1, 0.15) is 6.61 Å². The fourth-order valence-electron chi connectivity index (χ4n) is 3.91. The highest BCUT2D eigenvalue weighted by atomic mass is 35.5. The van der Waals surface area contributed by atoms with Gasteiger partial charge < -0.3 is 19.4 Å². The van der Waals surface area contributed by atoms with Crippen molar-refractivity contribution in [1.29, 1.82) is 0 Å². The Bertz CT molecular complexity index is 925. The third kappa shape index (κ3) is 5.53. The molecule has 5 nitrogen and oxygen atoms in total. The van der Waals surface area contributed by atoms with Crippen LogP contribution in [0.1, 0.15) is 18.1 Å². The van der Waals surface area contributed by atoms with Gasteiger partial charge >= 0.3 is 0 Å². The molecule has 0 bridgehead atoms. The van der Waals surface area contributed by atoms with Crippen LogP contribution in [0.15, 0.2) is 54.3 Å². The monoisotopic (exact) mass is 461 g/mol. The van der Waals surface area contributed by atoms with E-state index >= 15 is 0 Å². The number of rotatable bonds is 4. The lowest BCUT2D eigenvalue weighted by Gasteiger charge is -2.36. The number of benzene rings is 2. The molecule has 4 rings (SSSR count). The van der Waals surface area contributed by atoms with Crippen LogP contribution in [-0.4, -0.2) is 61.6 Å². The lowest BCUT2D eigenvalue weighted by molar-refractivity contribution is -0.139. The van der Waals surface area contributed by atoms with Crippen LogP contribution < -0.4 is 4.90 Å². The molecule has 1 amide bonds. The average Bonchev–Trinajstić information content (AvgIpc) is 2.75. The third-order valence-electron chi connectivity index (χ3n) is 5.82. The molecule has 2 fully saturated rings. The van der Waals surface area contributed by atoms with Crippen molar-refractivity contribution < 1.29 is 9.53 Å². The van der Waals surface area contributed by atoms with E-state index in [0.717, 1.165) is 43.0 Å². The minimum atomic E-state index is -0.0723. The smallest absolute Gasteiger partial charge is 0.289 e. The Kier molecular flexibility index (Phi) is 7.87. The largest absolute Gasteiger partial charge is 0.486 e. The number of ether oxygens (including phenoxy) is 1. The van der Waals surface area contributed by atoms with Gasteiger partial charge in [-0.3, -0.25) is 4.79 Å². The summed E-state index contributed by atoms with van der Waals surface area (Å²) < 4.78 is 5.87. The molecule has 2 aromatic carbocycles. The predicted molar refractivity (Wildman–Crippen MR) is 129 cm³/mol. The first kappa shape index (κ1) is 23.5. The molecule has 1 atom stereocenters. The van der Waals surface area contributed by atoms with Crippen LogP contribution in [0.4, 0.5) is 5.69 Å². The van der Waals surface area contributed by atoms with Gasteiger partial charge in [0.2, 0.25) is 0 Å². The molecule has 2 aliphatic heterocycles. The fourth-order valence-corrected chi connectivity index (χ4v) is 4.03. The van der Waals surface area contributed by atoms with E-state index in [4.69, 9.17) is 16.3 Å². The standard InChI is InChI=1S/C24H28ClN3O2.ClH/c1-18-17-30-23(24(29)28(18)16-19-7-9-21(25)10-8-19)15-20-5-3-4-6-22(20)27-13-11-26(2)12-14-27;/h3-10,15,18H,11-14,16-17H2,1-2H3;1H/b23-15-;. The van der Waals surface area contributed by atoms with Crippen molar-refractivity contribution in [2.75, 3.05) is 44.7 Å². The molecule has 7 heteroatoms. The van der Waals surface area contributed by atoms with E-state index in [0.29, 0.717) is 23.9 Å². The maximum atomic E-state index is 13.2. The summed E-state index contributed by atoms with van der Waals surface area (Å²) in [7, 11) is 2.15. The average molecular weight is 462 g/mol. The maximum absolute atomic E-state index is 13.2. The number of hydrogen-bond acceptors (Lipinski definition) is 4. The van der Waals surface area contributed by atoms with E-state index in [-0.39, 0.29) is 24.4 Å². The van der Waals surface area contributed by atoms with E-state index in [1.165, 1.54) is 0 Å². The van der Waals surface area contributed by atoms with Crippen molar-refractivity contribution in [3.05, 3.63) is 70.4 Å². The number of carbonyl (C=O) groups excluding carboxylic acids is 1. The second-order valence-electron chi connectivity index (χ2n) is 8.08. The van der Waals surface area contributed by atoms with Crippen LogP contribution >= 0.6 is 24.0 Å². The summed E-state index contributed by atoms with van der Waals surface area (Å²) in [6, 6.07) is 15.9.